The molecule has 1 saturated carbocycles. The first-order chi connectivity index (χ1) is 17.1. The maximum absolute atomic E-state index is 13.7. The second-order valence-corrected chi connectivity index (χ2v) is 11.4. The molecule has 4 aromatic rings. The lowest BCUT2D eigenvalue weighted by Crippen LogP contribution is -2.35. The van der Waals surface area contributed by atoms with Crippen LogP contribution in [-0.4, -0.2) is 27.2 Å². The molecule has 0 saturated heterocycles. The average molecular weight is 483 g/mol. The van der Waals surface area contributed by atoms with Crippen molar-refractivity contribution in [2.75, 3.05) is 6.61 Å². The number of benzene rings is 2. The van der Waals surface area contributed by atoms with E-state index in [1.54, 1.807) is 11.6 Å². The summed E-state index contributed by atoms with van der Waals surface area (Å²) in [5.74, 6) is -0.197. The van der Waals surface area contributed by atoms with E-state index in [1.807, 2.05) is 49.5 Å². The fraction of sp³-hybridized carbons (Fsp3) is 0.367. The lowest BCUT2D eigenvalue weighted by molar-refractivity contribution is -0.141. The molecule has 2 atom stereocenters. The first-order valence-electron chi connectivity index (χ1n) is 12.5. The van der Waals surface area contributed by atoms with E-state index in [0.29, 0.717) is 24.1 Å². The molecule has 0 radical (unpaired) electrons. The highest BCUT2D eigenvalue weighted by atomic mass is 16.5. The van der Waals surface area contributed by atoms with Crippen LogP contribution in [0.5, 0.6) is 5.75 Å². The summed E-state index contributed by atoms with van der Waals surface area (Å²) in [5, 5.41) is 13.0. The lowest BCUT2D eigenvalue weighted by atomic mass is 9.80. The predicted octanol–water partition coefficient (Wildman–Crippen LogP) is 5.39. The van der Waals surface area contributed by atoms with E-state index in [-0.39, 0.29) is 16.9 Å². The molecule has 1 N–H and O–H groups in total. The van der Waals surface area contributed by atoms with Crippen LogP contribution in [-0.2, 0) is 23.7 Å². The van der Waals surface area contributed by atoms with Crippen LogP contribution in [0.25, 0.3) is 32.8 Å². The van der Waals surface area contributed by atoms with E-state index in [0.717, 1.165) is 45.1 Å². The van der Waals surface area contributed by atoms with Gasteiger partial charge in [-0.25, -0.2) is 0 Å². The van der Waals surface area contributed by atoms with Crippen molar-refractivity contribution in [3.63, 3.8) is 0 Å². The zero-order chi connectivity index (χ0) is 25.6. The molecule has 1 fully saturated rings. The Hall–Kier alpha value is -3.67. The van der Waals surface area contributed by atoms with Crippen LogP contribution < -0.4 is 10.3 Å². The molecular formula is C30H30N2O4. The first kappa shape index (κ1) is 22.8. The number of carboxylic acid groups (broad SMARTS) is 1. The number of fused-ring (bicyclic) bond motifs is 1. The summed E-state index contributed by atoms with van der Waals surface area (Å²) in [6, 6.07) is 11.8. The van der Waals surface area contributed by atoms with Gasteiger partial charge in [0, 0.05) is 47.3 Å². The summed E-state index contributed by atoms with van der Waals surface area (Å²) in [4.78, 5) is 31.5. The van der Waals surface area contributed by atoms with Crippen molar-refractivity contribution in [3.05, 3.63) is 69.8 Å². The number of nitrogens with zero attached hydrogens (tertiary/aromatic N) is 2. The SMILES string of the molecule is Cc1ccc2c(=O)n(C)c([C@]3(C(=O)O)CC3C(C)(C)C)c(-c3ccc4c5c(ccnc35)CCO4)c2c1. The molecule has 6 nitrogen and oxygen atoms in total. The van der Waals surface area contributed by atoms with Gasteiger partial charge in [-0.15, -0.1) is 0 Å². The van der Waals surface area contributed by atoms with E-state index >= 15 is 0 Å². The minimum Gasteiger partial charge on any atom is -0.493 e. The Balaban J connectivity index is 1.81. The second-order valence-electron chi connectivity index (χ2n) is 11.4. The maximum Gasteiger partial charge on any atom is 0.316 e. The Labute approximate surface area is 209 Å². The van der Waals surface area contributed by atoms with Gasteiger partial charge in [0.1, 0.15) is 11.2 Å². The van der Waals surface area contributed by atoms with Gasteiger partial charge >= 0.3 is 5.97 Å². The highest BCUT2D eigenvalue weighted by Gasteiger charge is 2.67. The quantitative estimate of drug-likeness (QED) is 0.424. The molecule has 36 heavy (non-hydrogen) atoms. The van der Waals surface area contributed by atoms with Crippen molar-refractivity contribution in [2.24, 2.45) is 18.4 Å². The second kappa shape index (κ2) is 7.42. The van der Waals surface area contributed by atoms with Crippen LogP contribution in [0.4, 0.5) is 0 Å². The van der Waals surface area contributed by atoms with Crippen LogP contribution in [0, 0.1) is 18.3 Å². The van der Waals surface area contributed by atoms with Crippen LogP contribution in [0.15, 0.2) is 47.4 Å². The van der Waals surface area contributed by atoms with Crippen LogP contribution >= 0.6 is 0 Å². The van der Waals surface area contributed by atoms with Crippen molar-refractivity contribution >= 4 is 27.6 Å². The molecule has 6 rings (SSSR count). The third-order valence-corrected chi connectivity index (χ3v) is 8.20. The van der Waals surface area contributed by atoms with Gasteiger partial charge in [-0.3, -0.25) is 14.6 Å². The summed E-state index contributed by atoms with van der Waals surface area (Å²) < 4.78 is 7.54. The summed E-state index contributed by atoms with van der Waals surface area (Å²) in [7, 11) is 1.71. The molecule has 2 aromatic carbocycles. The van der Waals surface area contributed by atoms with Crippen LogP contribution in [0.3, 0.4) is 0 Å². The Morgan fingerprint density at radius 2 is 1.94 bits per heavy atom. The molecule has 184 valence electrons. The van der Waals surface area contributed by atoms with E-state index in [4.69, 9.17) is 9.72 Å². The highest BCUT2D eigenvalue weighted by molar-refractivity contribution is 6.08. The first-order valence-corrected chi connectivity index (χ1v) is 12.5. The number of ether oxygens (including phenoxy) is 1. The van der Waals surface area contributed by atoms with Gasteiger partial charge in [0.25, 0.3) is 5.56 Å². The van der Waals surface area contributed by atoms with Crippen molar-refractivity contribution < 1.29 is 14.6 Å². The summed E-state index contributed by atoms with van der Waals surface area (Å²) >= 11 is 0. The number of aryl methyl sites for hydroxylation is 1. The van der Waals surface area contributed by atoms with Gasteiger partial charge in [0.15, 0.2) is 0 Å². The van der Waals surface area contributed by atoms with E-state index in [2.05, 4.69) is 20.8 Å². The number of pyridine rings is 2. The average Bonchev–Trinajstić information content (AvgIpc) is 3.60. The molecule has 1 aliphatic carbocycles. The van der Waals surface area contributed by atoms with Crippen molar-refractivity contribution in [2.45, 2.75) is 46.0 Å². The van der Waals surface area contributed by atoms with Crippen LogP contribution in [0.2, 0.25) is 0 Å². The lowest BCUT2D eigenvalue weighted by Gasteiger charge is -2.28. The molecule has 1 unspecified atom stereocenters. The van der Waals surface area contributed by atoms with Crippen molar-refractivity contribution in [1.29, 1.82) is 0 Å². The fourth-order valence-electron chi connectivity index (χ4n) is 6.44. The summed E-state index contributed by atoms with van der Waals surface area (Å²) in [6.45, 7) is 8.84. The van der Waals surface area contributed by atoms with Gasteiger partial charge < -0.3 is 14.4 Å². The fourth-order valence-corrected chi connectivity index (χ4v) is 6.44. The number of hydrogen-bond donors (Lipinski definition) is 1. The van der Waals surface area contributed by atoms with E-state index < -0.39 is 11.4 Å². The number of hydrogen-bond acceptors (Lipinski definition) is 4. The zero-order valence-electron chi connectivity index (χ0n) is 21.3. The van der Waals surface area contributed by atoms with Gasteiger partial charge in [-0.1, -0.05) is 38.5 Å². The summed E-state index contributed by atoms with van der Waals surface area (Å²) in [6.07, 6.45) is 3.09. The van der Waals surface area contributed by atoms with Gasteiger partial charge in [0.05, 0.1) is 12.1 Å². The van der Waals surface area contributed by atoms with Gasteiger partial charge in [-0.05, 0) is 59.9 Å². The number of rotatable bonds is 3. The van der Waals surface area contributed by atoms with Crippen molar-refractivity contribution in [3.8, 4) is 16.9 Å². The molecule has 2 aromatic heterocycles. The Bertz CT molecular complexity index is 1650. The highest BCUT2D eigenvalue weighted by Crippen LogP contribution is 2.64. The molecule has 6 heteroatoms. The van der Waals surface area contributed by atoms with E-state index in [1.165, 1.54) is 5.56 Å². The molecule has 0 amide bonds. The monoisotopic (exact) mass is 482 g/mol. The minimum atomic E-state index is -1.16. The Morgan fingerprint density at radius 1 is 1.17 bits per heavy atom. The standard InChI is InChI=1S/C30H30N2O4/c1-16-6-7-18-20(14-16)24(19-8-9-21-23-17(11-13-36-21)10-12-31-25(19)23)26(32(5)27(18)33)30(28(34)35)15-22(30)29(2,3)4/h6-10,12,14,22H,11,13,15H2,1-5H3,(H,34,35)/t22?,30-/m0/s1. The third-order valence-electron chi connectivity index (χ3n) is 8.20. The maximum atomic E-state index is 13.7. The molecular weight excluding hydrogens is 452 g/mol. The largest absolute Gasteiger partial charge is 0.493 e. The molecule has 0 bridgehead atoms. The molecule has 0 spiro atoms. The minimum absolute atomic E-state index is 0.106. The number of carboxylic acids is 1. The predicted molar refractivity (Wildman–Crippen MR) is 141 cm³/mol. The van der Waals surface area contributed by atoms with E-state index in [9.17, 15) is 14.7 Å². The van der Waals surface area contributed by atoms with Crippen LogP contribution in [0.1, 0.15) is 44.0 Å². The number of aliphatic carboxylic acids is 1. The molecule has 3 heterocycles. The number of aromatic nitrogens is 2. The summed E-state index contributed by atoms with van der Waals surface area (Å²) in [5.41, 5.74) is 3.57. The van der Waals surface area contributed by atoms with Crippen molar-refractivity contribution in [1.82, 2.24) is 9.55 Å². The zero-order valence-corrected chi connectivity index (χ0v) is 21.3. The third kappa shape index (κ3) is 3.00. The molecule has 1 aliphatic heterocycles. The Kier molecular flexibility index (Phi) is 4.69. The van der Waals surface area contributed by atoms with Gasteiger partial charge in [-0.2, -0.15) is 0 Å². The number of carbonyl (C=O) groups is 1. The molecule has 2 aliphatic rings. The van der Waals surface area contributed by atoms with Gasteiger partial charge in [0.2, 0.25) is 0 Å². The normalized spacial score (nSPS) is 21.0. The smallest absolute Gasteiger partial charge is 0.316 e. The topological polar surface area (TPSA) is 81.4 Å². The Morgan fingerprint density at radius 3 is 2.64 bits per heavy atom.